The molecule has 0 aromatic heterocycles. The van der Waals surface area contributed by atoms with Gasteiger partial charge in [0.05, 0.1) is 24.1 Å². The van der Waals surface area contributed by atoms with Crippen LogP contribution in [0.15, 0.2) is 0 Å². The Morgan fingerprint density at radius 2 is 1.83 bits per heavy atom. The summed E-state index contributed by atoms with van der Waals surface area (Å²) in [6.07, 6.45) is 4.64. The van der Waals surface area contributed by atoms with Gasteiger partial charge in [-0.15, -0.1) is 11.8 Å². The maximum atomic E-state index is 10.1. The summed E-state index contributed by atoms with van der Waals surface area (Å²) < 4.78 is 0. The van der Waals surface area contributed by atoms with Crippen LogP contribution in [0, 0.1) is 12.3 Å². The highest BCUT2D eigenvalue weighted by molar-refractivity contribution is 8.00. The Labute approximate surface area is 112 Å². The molecule has 0 aromatic rings. The predicted octanol–water partition coefficient (Wildman–Crippen LogP) is 0.330. The summed E-state index contributed by atoms with van der Waals surface area (Å²) in [4.78, 5) is 0. The Morgan fingerprint density at radius 3 is 2.56 bits per heavy atom. The molecular weight excluding hydrogens is 252 g/mol. The molecule has 2 rings (SSSR count). The van der Waals surface area contributed by atoms with Gasteiger partial charge >= 0.3 is 0 Å². The first-order chi connectivity index (χ1) is 8.65. The molecule has 1 saturated heterocycles. The van der Waals surface area contributed by atoms with E-state index in [9.17, 15) is 20.4 Å². The normalized spacial score (nSPS) is 43.7. The monoisotopic (exact) mass is 275 g/mol. The van der Waals surface area contributed by atoms with Crippen LogP contribution >= 0.6 is 11.8 Å². The molecule has 105 valence electrons. The van der Waals surface area contributed by atoms with Crippen molar-refractivity contribution >= 4 is 11.8 Å². The van der Waals surface area contributed by atoms with Gasteiger partial charge in [0, 0.05) is 5.25 Å². The van der Waals surface area contributed by atoms with Crippen LogP contribution in [0.5, 0.6) is 0 Å². The Kier molecular flexibility index (Phi) is 5.33. The zero-order valence-electron chi connectivity index (χ0n) is 10.5. The van der Waals surface area contributed by atoms with Crippen LogP contribution in [0.2, 0.25) is 0 Å². The van der Waals surface area contributed by atoms with Crippen molar-refractivity contribution in [1.29, 1.82) is 0 Å². The van der Waals surface area contributed by atoms with Gasteiger partial charge in [0.1, 0.15) is 6.10 Å². The highest BCUT2D eigenvalue weighted by Crippen LogP contribution is 2.41. The van der Waals surface area contributed by atoms with Crippen LogP contribution < -0.4 is 0 Å². The molecule has 1 unspecified atom stereocenters. The molecule has 5 heteroatoms. The first kappa shape index (κ1) is 14.6. The lowest BCUT2D eigenvalue weighted by molar-refractivity contribution is -0.0748. The smallest absolute Gasteiger partial charge is 0.108 e. The summed E-state index contributed by atoms with van der Waals surface area (Å²) in [7, 11) is 0. The van der Waals surface area contributed by atoms with Crippen LogP contribution in [-0.2, 0) is 0 Å². The topological polar surface area (TPSA) is 80.9 Å². The number of thioether (sulfide) groups is 1. The molecule has 1 radical (unpaired) electrons. The summed E-state index contributed by atoms with van der Waals surface area (Å²) in [6, 6.07) is 0. The summed E-state index contributed by atoms with van der Waals surface area (Å²) in [5.74, 6) is 0.337. The minimum Gasteiger partial charge on any atom is -0.395 e. The Balaban J connectivity index is 2.05. The minimum absolute atomic E-state index is 0.0881. The Hall–Kier alpha value is 0.190. The van der Waals surface area contributed by atoms with Gasteiger partial charge in [-0.2, -0.15) is 0 Å². The molecule has 1 aliphatic heterocycles. The quantitative estimate of drug-likeness (QED) is 0.546. The van der Waals surface area contributed by atoms with Crippen LogP contribution in [0.3, 0.4) is 0 Å². The molecular formula is C13H23O4S. The fraction of sp³-hybridized carbons (Fsp3) is 0.923. The molecule has 4 nitrogen and oxygen atoms in total. The average Bonchev–Trinajstić information content (AvgIpc) is 2.65. The third kappa shape index (κ3) is 3.02. The lowest BCUT2D eigenvalue weighted by atomic mass is 9.89. The lowest BCUT2D eigenvalue weighted by Gasteiger charge is -2.42. The van der Waals surface area contributed by atoms with Crippen LogP contribution in [0.1, 0.15) is 32.1 Å². The second-order valence-electron chi connectivity index (χ2n) is 5.36. The van der Waals surface area contributed by atoms with E-state index in [1.165, 1.54) is 18.2 Å². The summed E-state index contributed by atoms with van der Waals surface area (Å²) in [5.41, 5.74) is 0. The molecule has 4 N–H and O–H groups in total. The largest absolute Gasteiger partial charge is 0.395 e. The van der Waals surface area contributed by atoms with Crippen molar-refractivity contribution < 1.29 is 20.4 Å². The second kappa shape index (κ2) is 6.57. The van der Waals surface area contributed by atoms with Gasteiger partial charge in [0.15, 0.2) is 0 Å². The molecule has 18 heavy (non-hydrogen) atoms. The second-order valence-corrected chi connectivity index (χ2v) is 6.78. The fourth-order valence-corrected chi connectivity index (χ4v) is 4.57. The average molecular weight is 275 g/mol. The molecule has 0 aromatic carbocycles. The minimum atomic E-state index is -1.14. The van der Waals surface area contributed by atoms with E-state index >= 15 is 0 Å². The van der Waals surface area contributed by atoms with E-state index < -0.39 is 23.6 Å². The van der Waals surface area contributed by atoms with Gasteiger partial charge in [-0.1, -0.05) is 19.3 Å². The number of hydrogen-bond acceptors (Lipinski definition) is 5. The van der Waals surface area contributed by atoms with E-state index in [0.717, 1.165) is 25.7 Å². The van der Waals surface area contributed by atoms with Gasteiger partial charge < -0.3 is 20.4 Å². The highest BCUT2D eigenvalue weighted by Gasteiger charge is 2.45. The molecule has 1 heterocycles. The van der Waals surface area contributed by atoms with E-state index in [1.54, 1.807) is 0 Å². The fourth-order valence-electron chi connectivity index (χ4n) is 2.96. The van der Waals surface area contributed by atoms with Crippen LogP contribution in [0.25, 0.3) is 0 Å². The van der Waals surface area contributed by atoms with Crippen molar-refractivity contribution in [2.24, 2.45) is 5.92 Å². The van der Waals surface area contributed by atoms with Crippen molar-refractivity contribution in [3.63, 3.8) is 0 Å². The van der Waals surface area contributed by atoms with Crippen LogP contribution in [0.4, 0.5) is 0 Å². The SMILES string of the molecule is OC[C@H]1S[C@@H](C2C[CH]CCCC2)[C@H](O)[C@@H](O)[C@H]1O. The zero-order valence-corrected chi connectivity index (χ0v) is 11.3. The van der Waals surface area contributed by atoms with Gasteiger partial charge in [-0.05, 0) is 25.2 Å². The van der Waals surface area contributed by atoms with Gasteiger partial charge in [0.25, 0.3) is 0 Å². The third-order valence-electron chi connectivity index (χ3n) is 4.10. The van der Waals surface area contributed by atoms with Crippen molar-refractivity contribution in [2.75, 3.05) is 6.61 Å². The van der Waals surface area contributed by atoms with E-state index in [1.807, 2.05) is 0 Å². The molecule has 0 bridgehead atoms. The maximum Gasteiger partial charge on any atom is 0.108 e. The van der Waals surface area contributed by atoms with E-state index in [0.29, 0.717) is 5.92 Å². The van der Waals surface area contributed by atoms with Crippen molar-refractivity contribution in [2.45, 2.75) is 60.9 Å². The Morgan fingerprint density at radius 1 is 1.06 bits per heavy atom. The molecule has 0 amide bonds. The molecule has 6 atom stereocenters. The van der Waals surface area contributed by atoms with Gasteiger partial charge in [0.2, 0.25) is 0 Å². The van der Waals surface area contributed by atoms with Crippen molar-refractivity contribution in [3.05, 3.63) is 6.42 Å². The summed E-state index contributed by atoms with van der Waals surface area (Å²) in [5, 5.41) is 38.6. The first-order valence-electron chi connectivity index (χ1n) is 6.77. The lowest BCUT2D eigenvalue weighted by Crippen LogP contribution is -2.55. The summed E-state index contributed by atoms with van der Waals surface area (Å²) in [6.45, 7) is -0.164. The number of aliphatic hydroxyl groups is 4. The van der Waals surface area contributed by atoms with E-state index in [-0.39, 0.29) is 11.9 Å². The molecule has 0 spiro atoms. The molecule has 2 aliphatic rings. The third-order valence-corrected chi connectivity index (χ3v) is 5.85. The maximum absolute atomic E-state index is 10.1. The van der Waals surface area contributed by atoms with Gasteiger partial charge in [-0.25, -0.2) is 0 Å². The van der Waals surface area contributed by atoms with Crippen LogP contribution in [-0.4, -0.2) is 55.8 Å². The molecule has 1 aliphatic carbocycles. The van der Waals surface area contributed by atoms with E-state index in [2.05, 4.69) is 6.42 Å². The number of hydrogen-bond donors (Lipinski definition) is 4. The Bertz CT molecular complexity index is 253. The number of rotatable bonds is 2. The summed E-state index contributed by atoms with van der Waals surface area (Å²) >= 11 is 1.44. The van der Waals surface area contributed by atoms with E-state index in [4.69, 9.17) is 0 Å². The van der Waals surface area contributed by atoms with Gasteiger partial charge in [-0.3, -0.25) is 0 Å². The number of aliphatic hydroxyl groups excluding tert-OH is 4. The zero-order chi connectivity index (χ0) is 13.1. The predicted molar refractivity (Wildman–Crippen MR) is 71.1 cm³/mol. The molecule has 1 saturated carbocycles. The van der Waals surface area contributed by atoms with Crippen molar-refractivity contribution in [3.8, 4) is 0 Å². The standard InChI is InChI=1S/C13H23O4S/c14-7-9-10(15)11(16)12(17)13(18-9)8-5-3-1-2-4-6-8/h3,8-17H,1-2,4-7H2/t8?,9-,10+,11+,12-,13+/m1/s1. The van der Waals surface area contributed by atoms with Crippen molar-refractivity contribution in [1.82, 2.24) is 0 Å². The first-order valence-corrected chi connectivity index (χ1v) is 7.71. The highest BCUT2D eigenvalue weighted by atomic mass is 32.2. The molecule has 2 fully saturated rings.